The minimum atomic E-state index is -0.187. The summed E-state index contributed by atoms with van der Waals surface area (Å²) in [5.74, 6) is -0.187. The molecule has 0 unspecified atom stereocenters. The van der Waals surface area contributed by atoms with Gasteiger partial charge in [0.1, 0.15) is 5.82 Å². The van der Waals surface area contributed by atoms with Crippen LogP contribution in [-0.4, -0.2) is 19.8 Å². The molecule has 0 saturated heterocycles. The van der Waals surface area contributed by atoms with Crippen molar-refractivity contribution >= 4 is 28.3 Å². The minimum Gasteiger partial charge on any atom is -0.383 e. The van der Waals surface area contributed by atoms with E-state index in [1.165, 1.54) is 6.07 Å². The number of benzene rings is 1. The maximum Gasteiger partial charge on any atom is 0.138 e. The highest BCUT2D eigenvalue weighted by Crippen LogP contribution is 2.21. The Bertz CT molecular complexity index is 344. The molecule has 1 aromatic rings. The third-order valence-corrected chi connectivity index (χ3v) is 2.91. The van der Waals surface area contributed by atoms with Gasteiger partial charge in [0.15, 0.2) is 0 Å². The molecule has 0 heterocycles. The molecule has 1 N–H and O–H groups in total. The molecule has 0 aromatic heterocycles. The van der Waals surface area contributed by atoms with Gasteiger partial charge >= 0.3 is 0 Å². The Kier molecular flexibility index (Phi) is 4.79. The Hall–Kier alpha value is -0.360. The van der Waals surface area contributed by atoms with Crippen molar-refractivity contribution in [3.8, 4) is 0 Å². The molecule has 0 spiro atoms. The second-order valence-corrected chi connectivity index (χ2v) is 4.74. The molecule has 0 aliphatic heterocycles. The van der Waals surface area contributed by atoms with E-state index in [-0.39, 0.29) is 11.9 Å². The van der Waals surface area contributed by atoms with Crippen molar-refractivity contribution in [3.63, 3.8) is 0 Å². The fourth-order valence-electron chi connectivity index (χ4n) is 1.36. The Balaban J connectivity index is 2.81. The van der Waals surface area contributed by atoms with Crippen LogP contribution in [0.25, 0.3) is 0 Å². The first-order valence-corrected chi connectivity index (χ1v) is 5.83. The molecule has 15 heavy (non-hydrogen) atoms. The van der Waals surface area contributed by atoms with Crippen molar-refractivity contribution in [1.29, 1.82) is 0 Å². The summed E-state index contributed by atoms with van der Waals surface area (Å²) in [5, 5.41) is 3.21. The first-order valence-electron chi connectivity index (χ1n) is 4.75. The molecule has 0 fully saturated rings. The van der Waals surface area contributed by atoms with E-state index in [9.17, 15) is 4.39 Å². The van der Waals surface area contributed by atoms with Crippen molar-refractivity contribution in [2.45, 2.75) is 19.9 Å². The Labute approximate surface area is 103 Å². The SMILES string of the molecule is COC[C@H](C)Nc1cc(F)c(I)cc1C. The zero-order valence-corrected chi connectivity index (χ0v) is 11.3. The lowest BCUT2D eigenvalue weighted by molar-refractivity contribution is 0.190. The number of ether oxygens (including phenoxy) is 1. The van der Waals surface area contributed by atoms with Gasteiger partial charge in [-0.2, -0.15) is 0 Å². The summed E-state index contributed by atoms with van der Waals surface area (Å²) in [6.45, 7) is 4.56. The Morgan fingerprint density at radius 1 is 1.53 bits per heavy atom. The van der Waals surface area contributed by atoms with E-state index < -0.39 is 0 Å². The predicted octanol–water partition coefficient (Wildman–Crippen LogP) is 3.19. The van der Waals surface area contributed by atoms with Crippen LogP contribution in [0.3, 0.4) is 0 Å². The number of anilines is 1. The molecule has 0 bridgehead atoms. The molecular weight excluding hydrogens is 308 g/mol. The van der Waals surface area contributed by atoms with Crippen molar-refractivity contribution < 1.29 is 9.13 Å². The Morgan fingerprint density at radius 3 is 2.80 bits per heavy atom. The van der Waals surface area contributed by atoms with Crippen LogP contribution in [0.1, 0.15) is 12.5 Å². The summed E-state index contributed by atoms with van der Waals surface area (Å²) in [5.41, 5.74) is 1.88. The summed E-state index contributed by atoms with van der Waals surface area (Å²) >= 11 is 1.99. The molecule has 84 valence electrons. The average molecular weight is 323 g/mol. The third kappa shape index (κ3) is 3.61. The van der Waals surface area contributed by atoms with E-state index in [2.05, 4.69) is 5.32 Å². The average Bonchev–Trinajstić information content (AvgIpc) is 2.14. The molecule has 1 rings (SSSR count). The fourth-order valence-corrected chi connectivity index (χ4v) is 1.98. The molecule has 1 atom stereocenters. The third-order valence-electron chi connectivity index (χ3n) is 2.09. The summed E-state index contributed by atoms with van der Waals surface area (Å²) in [7, 11) is 1.65. The normalized spacial score (nSPS) is 12.6. The number of nitrogens with one attached hydrogen (secondary N) is 1. The molecule has 0 aliphatic rings. The smallest absolute Gasteiger partial charge is 0.138 e. The molecule has 0 aliphatic carbocycles. The number of halogens is 2. The second kappa shape index (κ2) is 5.65. The monoisotopic (exact) mass is 323 g/mol. The lowest BCUT2D eigenvalue weighted by atomic mass is 10.2. The highest BCUT2D eigenvalue weighted by Gasteiger charge is 2.07. The molecule has 1 aromatic carbocycles. The van der Waals surface area contributed by atoms with Crippen molar-refractivity contribution in [1.82, 2.24) is 0 Å². The summed E-state index contributed by atoms with van der Waals surface area (Å²) < 4.78 is 19.0. The quantitative estimate of drug-likeness (QED) is 0.860. The van der Waals surface area contributed by atoms with Gasteiger partial charge in [0.05, 0.1) is 6.61 Å². The zero-order chi connectivity index (χ0) is 11.4. The molecule has 0 amide bonds. The van der Waals surface area contributed by atoms with Crippen LogP contribution < -0.4 is 5.32 Å². The van der Waals surface area contributed by atoms with Gasteiger partial charge in [-0.15, -0.1) is 0 Å². The van der Waals surface area contributed by atoms with Gasteiger partial charge < -0.3 is 10.1 Å². The van der Waals surface area contributed by atoms with E-state index in [0.29, 0.717) is 10.2 Å². The predicted molar refractivity (Wildman–Crippen MR) is 68.8 cm³/mol. The number of hydrogen-bond acceptors (Lipinski definition) is 2. The van der Waals surface area contributed by atoms with Crippen LogP contribution in [-0.2, 0) is 4.74 Å². The summed E-state index contributed by atoms with van der Waals surface area (Å²) in [6, 6.07) is 3.54. The van der Waals surface area contributed by atoms with E-state index in [1.807, 2.05) is 42.5 Å². The van der Waals surface area contributed by atoms with Gasteiger partial charge in [0.2, 0.25) is 0 Å². The first kappa shape index (κ1) is 12.7. The van der Waals surface area contributed by atoms with Crippen LogP contribution in [0, 0.1) is 16.3 Å². The molecular formula is C11H15FINO. The fraction of sp³-hybridized carbons (Fsp3) is 0.455. The van der Waals surface area contributed by atoms with Crippen LogP contribution in [0.15, 0.2) is 12.1 Å². The van der Waals surface area contributed by atoms with Crippen molar-refractivity contribution in [2.75, 3.05) is 19.0 Å². The van der Waals surface area contributed by atoms with E-state index >= 15 is 0 Å². The maximum atomic E-state index is 13.3. The number of aryl methyl sites for hydroxylation is 1. The van der Waals surface area contributed by atoms with Crippen molar-refractivity contribution in [2.24, 2.45) is 0 Å². The first-order chi connectivity index (χ1) is 7.04. The largest absolute Gasteiger partial charge is 0.383 e. The van der Waals surface area contributed by atoms with E-state index in [0.717, 1.165) is 11.3 Å². The van der Waals surface area contributed by atoms with Gasteiger partial charge in [-0.05, 0) is 54.1 Å². The highest BCUT2D eigenvalue weighted by molar-refractivity contribution is 14.1. The number of methoxy groups -OCH3 is 1. The van der Waals surface area contributed by atoms with Crippen LogP contribution >= 0.6 is 22.6 Å². The summed E-state index contributed by atoms with van der Waals surface area (Å²) in [6.07, 6.45) is 0. The standard InChI is InChI=1S/C11H15FINO/c1-7-4-10(13)9(12)5-11(7)14-8(2)6-15-3/h4-5,8,14H,6H2,1-3H3/t8-/m0/s1. The second-order valence-electron chi connectivity index (χ2n) is 3.58. The Morgan fingerprint density at radius 2 is 2.20 bits per heavy atom. The lowest BCUT2D eigenvalue weighted by Crippen LogP contribution is -2.21. The zero-order valence-electron chi connectivity index (χ0n) is 9.10. The van der Waals surface area contributed by atoms with Crippen LogP contribution in [0.5, 0.6) is 0 Å². The topological polar surface area (TPSA) is 21.3 Å². The van der Waals surface area contributed by atoms with Crippen molar-refractivity contribution in [3.05, 3.63) is 27.1 Å². The van der Waals surface area contributed by atoms with Gasteiger partial charge in [-0.1, -0.05) is 0 Å². The maximum absolute atomic E-state index is 13.3. The molecule has 2 nitrogen and oxygen atoms in total. The van der Waals surface area contributed by atoms with Gasteiger partial charge in [-0.3, -0.25) is 0 Å². The van der Waals surface area contributed by atoms with E-state index in [4.69, 9.17) is 4.74 Å². The van der Waals surface area contributed by atoms with Crippen LogP contribution in [0.4, 0.5) is 10.1 Å². The minimum absolute atomic E-state index is 0.174. The summed E-state index contributed by atoms with van der Waals surface area (Å²) in [4.78, 5) is 0. The lowest BCUT2D eigenvalue weighted by Gasteiger charge is -2.16. The van der Waals surface area contributed by atoms with Gasteiger partial charge in [-0.25, -0.2) is 4.39 Å². The number of rotatable bonds is 4. The molecule has 4 heteroatoms. The van der Waals surface area contributed by atoms with E-state index in [1.54, 1.807) is 7.11 Å². The van der Waals surface area contributed by atoms with Gasteiger partial charge in [0.25, 0.3) is 0 Å². The van der Waals surface area contributed by atoms with Gasteiger partial charge in [0, 0.05) is 22.4 Å². The number of hydrogen-bond donors (Lipinski definition) is 1. The molecule has 0 radical (unpaired) electrons. The highest BCUT2D eigenvalue weighted by atomic mass is 127. The molecule has 0 saturated carbocycles. The van der Waals surface area contributed by atoms with Crippen LogP contribution in [0.2, 0.25) is 0 Å².